The van der Waals surface area contributed by atoms with E-state index >= 15 is 0 Å². The second-order valence-electron chi connectivity index (χ2n) is 12.0. The maximum absolute atomic E-state index is 13.9. The molecule has 0 saturated carbocycles. The Kier molecular flexibility index (Phi) is 9.21. The lowest BCUT2D eigenvalue weighted by molar-refractivity contribution is -0.384. The first-order valence-corrected chi connectivity index (χ1v) is 13.9. The number of carbonyl (C=O) groups excluding carboxylic acids is 3. The number of methoxy groups -OCH3 is 1. The van der Waals surface area contributed by atoms with Crippen molar-refractivity contribution in [3.05, 3.63) is 82.4 Å². The second-order valence-corrected chi connectivity index (χ2v) is 12.0. The number of fused-ring (bicyclic) bond motifs is 1. The third-order valence-corrected chi connectivity index (χ3v) is 6.13. The number of nitro benzene ring substituents is 1. The van der Waals surface area contributed by atoms with Crippen molar-refractivity contribution in [3.8, 4) is 11.1 Å². The lowest BCUT2D eigenvalue weighted by atomic mass is 10.0. The number of ether oxygens (including phenoxy) is 3. The molecule has 46 heavy (non-hydrogen) atoms. The van der Waals surface area contributed by atoms with Crippen LogP contribution in [0.25, 0.3) is 22.0 Å². The zero-order chi connectivity index (χ0) is 34.0. The first kappa shape index (κ1) is 33.2. The maximum Gasteiger partial charge on any atom is 0.425 e. The summed E-state index contributed by atoms with van der Waals surface area (Å²) in [7, 11) is 1.08. The molecule has 1 N–H and O–H groups in total. The summed E-state index contributed by atoms with van der Waals surface area (Å²) in [6.45, 7) is 9.78. The summed E-state index contributed by atoms with van der Waals surface area (Å²) in [6.07, 6.45) is 0.615. The molecule has 14 heteroatoms. The molecule has 2 aromatic heterocycles. The molecule has 0 radical (unpaired) electrons. The van der Waals surface area contributed by atoms with Crippen LogP contribution >= 0.6 is 0 Å². The summed E-state index contributed by atoms with van der Waals surface area (Å²) in [4.78, 5) is 59.8. The molecule has 0 aliphatic carbocycles. The molecule has 0 aliphatic rings. The Labute approximate surface area is 263 Å². The van der Waals surface area contributed by atoms with Gasteiger partial charge in [-0.25, -0.2) is 23.8 Å². The van der Waals surface area contributed by atoms with E-state index < -0.39 is 45.8 Å². The third-order valence-electron chi connectivity index (χ3n) is 6.13. The Balaban J connectivity index is 1.90. The average Bonchev–Trinajstić information content (AvgIpc) is 2.94. The third kappa shape index (κ3) is 7.70. The van der Waals surface area contributed by atoms with E-state index in [-0.39, 0.29) is 22.6 Å². The highest BCUT2D eigenvalue weighted by atomic mass is 19.1. The number of nitrogens with one attached hydrogen (secondary N) is 1. The predicted octanol–water partition coefficient (Wildman–Crippen LogP) is 7.55. The quantitative estimate of drug-likeness (QED) is 0.0965. The van der Waals surface area contributed by atoms with Crippen molar-refractivity contribution >= 4 is 51.9 Å². The van der Waals surface area contributed by atoms with E-state index in [1.807, 2.05) is 0 Å². The van der Waals surface area contributed by atoms with Gasteiger partial charge in [-0.15, -0.1) is 0 Å². The second kappa shape index (κ2) is 12.8. The van der Waals surface area contributed by atoms with E-state index in [1.54, 1.807) is 47.6 Å². The number of pyridine rings is 2. The van der Waals surface area contributed by atoms with Crippen LogP contribution < -0.4 is 10.2 Å². The number of nitro groups is 1. The molecular formula is C32H32FN5O8. The van der Waals surface area contributed by atoms with E-state index in [9.17, 15) is 28.9 Å². The SMILES string of the molecule is COC(=O)c1cc(-c2ccnc(N(C(=O)OC(C)(C)C)C(=O)OC(C)(C)C)c2)cc(Nc2ccnc3cc(F)ccc23)c1[N+](=O)[O-]. The van der Waals surface area contributed by atoms with E-state index in [2.05, 4.69) is 15.3 Å². The van der Waals surface area contributed by atoms with Gasteiger partial charge in [0.25, 0.3) is 0 Å². The van der Waals surface area contributed by atoms with Crippen molar-refractivity contribution in [2.45, 2.75) is 52.7 Å². The lowest BCUT2D eigenvalue weighted by Gasteiger charge is -2.28. The molecule has 2 heterocycles. The minimum atomic E-state index is -1.05. The normalized spacial score (nSPS) is 11.5. The average molecular weight is 634 g/mol. The first-order chi connectivity index (χ1) is 21.5. The van der Waals surface area contributed by atoms with Crippen LogP contribution in [0.1, 0.15) is 51.9 Å². The highest BCUT2D eigenvalue weighted by Crippen LogP contribution is 2.38. The molecule has 0 unspecified atom stereocenters. The summed E-state index contributed by atoms with van der Waals surface area (Å²) in [5, 5.41) is 15.8. The van der Waals surface area contributed by atoms with E-state index in [1.165, 1.54) is 54.9 Å². The molecule has 0 atom stereocenters. The number of halogens is 1. The van der Waals surface area contributed by atoms with Crippen LogP contribution in [0.2, 0.25) is 0 Å². The van der Waals surface area contributed by atoms with E-state index in [4.69, 9.17) is 14.2 Å². The number of imide groups is 1. The molecule has 0 saturated heterocycles. The zero-order valence-corrected chi connectivity index (χ0v) is 26.2. The van der Waals surface area contributed by atoms with Gasteiger partial charge in [0.05, 0.1) is 17.5 Å². The summed E-state index contributed by atoms with van der Waals surface area (Å²) in [5.41, 5.74) is -1.79. The molecule has 0 bridgehead atoms. The van der Waals surface area contributed by atoms with Crippen LogP contribution in [0, 0.1) is 15.9 Å². The minimum absolute atomic E-state index is 0.103. The number of benzene rings is 2. The predicted molar refractivity (Wildman–Crippen MR) is 168 cm³/mol. The number of anilines is 3. The zero-order valence-electron chi connectivity index (χ0n) is 26.2. The number of amides is 2. The van der Waals surface area contributed by atoms with Crippen molar-refractivity contribution in [1.82, 2.24) is 9.97 Å². The van der Waals surface area contributed by atoms with Crippen LogP contribution in [0.3, 0.4) is 0 Å². The van der Waals surface area contributed by atoms with Gasteiger partial charge in [0.1, 0.15) is 34.1 Å². The number of hydrogen-bond donors (Lipinski definition) is 1. The highest BCUT2D eigenvalue weighted by Gasteiger charge is 2.34. The van der Waals surface area contributed by atoms with Crippen molar-refractivity contribution < 1.29 is 37.9 Å². The van der Waals surface area contributed by atoms with Gasteiger partial charge in [-0.3, -0.25) is 15.1 Å². The van der Waals surface area contributed by atoms with Crippen LogP contribution in [0.15, 0.2) is 60.9 Å². The molecule has 240 valence electrons. The largest absolute Gasteiger partial charge is 0.465 e. The van der Waals surface area contributed by atoms with E-state index in [0.717, 1.165) is 7.11 Å². The van der Waals surface area contributed by atoms with Gasteiger partial charge < -0.3 is 19.5 Å². The molecule has 0 fully saturated rings. The Morgan fingerprint density at radius 2 is 1.48 bits per heavy atom. The van der Waals surface area contributed by atoms with Gasteiger partial charge in [-0.2, -0.15) is 4.90 Å². The van der Waals surface area contributed by atoms with E-state index in [0.29, 0.717) is 27.1 Å². The fourth-order valence-corrected chi connectivity index (χ4v) is 4.33. The van der Waals surface area contributed by atoms with Gasteiger partial charge in [0.2, 0.25) is 0 Å². The Morgan fingerprint density at radius 3 is 2.07 bits per heavy atom. The number of rotatable bonds is 6. The van der Waals surface area contributed by atoms with Crippen LogP contribution in [-0.4, -0.2) is 51.4 Å². The van der Waals surface area contributed by atoms with Gasteiger partial charge >= 0.3 is 23.8 Å². The van der Waals surface area contributed by atoms with Gasteiger partial charge in [0.15, 0.2) is 0 Å². The van der Waals surface area contributed by atoms with Crippen LogP contribution in [0.4, 0.5) is 36.9 Å². The van der Waals surface area contributed by atoms with Gasteiger partial charge in [0, 0.05) is 29.5 Å². The summed E-state index contributed by atoms with van der Waals surface area (Å²) < 4.78 is 29.6. The number of nitrogens with zero attached hydrogens (tertiary/aromatic N) is 4. The van der Waals surface area contributed by atoms with Crippen LogP contribution in [0.5, 0.6) is 0 Å². The smallest absolute Gasteiger partial charge is 0.425 e. The minimum Gasteiger partial charge on any atom is -0.465 e. The monoisotopic (exact) mass is 633 g/mol. The molecule has 4 rings (SSSR count). The maximum atomic E-state index is 13.9. The van der Waals surface area contributed by atoms with Crippen molar-refractivity contribution in [2.75, 3.05) is 17.3 Å². The molecule has 0 spiro atoms. The van der Waals surface area contributed by atoms with Crippen molar-refractivity contribution in [3.63, 3.8) is 0 Å². The Bertz CT molecular complexity index is 1820. The Morgan fingerprint density at radius 1 is 0.848 bits per heavy atom. The first-order valence-electron chi connectivity index (χ1n) is 13.9. The Hall–Kier alpha value is -5.66. The van der Waals surface area contributed by atoms with Crippen molar-refractivity contribution in [2.24, 2.45) is 0 Å². The number of carbonyl (C=O) groups is 3. The topological polar surface area (TPSA) is 163 Å². The fourth-order valence-electron chi connectivity index (χ4n) is 4.33. The number of aromatic nitrogens is 2. The van der Waals surface area contributed by atoms with Gasteiger partial charge in [-0.1, -0.05) is 0 Å². The summed E-state index contributed by atoms with van der Waals surface area (Å²) in [5.74, 6) is -1.68. The number of hydrogen-bond acceptors (Lipinski definition) is 11. The summed E-state index contributed by atoms with van der Waals surface area (Å²) in [6, 6.07) is 11.0. The fraction of sp³-hybridized carbons (Fsp3) is 0.281. The lowest BCUT2D eigenvalue weighted by Crippen LogP contribution is -2.44. The van der Waals surface area contributed by atoms with Crippen molar-refractivity contribution in [1.29, 1.82) is 0 Å². The van der Waals surface area contributed by atoms with Crippen LogP contribution in [-0.2, 0) is 14.2 Å². The molecule has 2 amide bonds. The molecule has 0 aliphatic heterocycles. The van der Waals surface area contributed by atoms with Gasteiger partial charge in [-0.05, 0) is 95.1 Å². The number of esters is 1. The summed E-state index contributed by atoms with van der Waals surface area (Å²) >= 11 is 0. The molecule has 13 nitrogen and oxygen atoms in total. The standard InChI is InChI=1S/C32H32FN5O8/c1-31(2,3)45-29(40)37(30(41)46-32(4,5)6)26-16-18(10-12-35-26)19-14-22(28(39)44-7)27(38(42)43)25(15-19)36-23-11-13-34-24-17-20(33)8-9-21(23)24/h8-17H,1-7H3,(H,34,36). The molecule has 4 aromatic rings. The molecular weight excluding hydrogens is 601 g/mol. The molecule has 2 aromatic carbocycles. The highest BCUT2D eigenvalue weighted by molar-refractivity contribution is 6.09.